The van der Waals surface area contributed by atoms with Gasteiger partial charge in [0.05, 0.1) is 19.8 Å². The summed E-state index contributed by atoms with van der Waals surface area (Å²) in [6.45, 7) is 2.15. The van der Waals surface area contributed by atoms with Gasteiger partial charge in [0, 0.05) is 12.8 Å². The summed E-state index contributed by atoms with van der Waals surface area (Å²) in [4.78, 5) is 37.0. The van der Waals surface area contributed by atoms with E-state index in [1.807, 2.05) is 0 Å². The van der Waals surface area contributed by atoms with E-state index in [4.69, 9.17) is 19.1 Å². The number of hydrogen-bond donors (Lipinski definition) is 2. The zero-order chi connectivity index (χ0) is 37.7. The van der Waals surface area contributed by atoms with E-state index >= 15 is 0 Å². The number of phosphoric acid groups is 1. The van der Waals surface area contributed by atoms with Crippen molar-refractivity contribution in [3.8, 4) is 0 Å². The quantitative estimate of drug-likeness (QED) is 0.0231. The Morgan fingerprint density at radius 3 is 1.56 bits per heavy atom. The van der Waals surface area contributed by atoms with Crippen molar-refractivity contribution in [2.75, 3.05) is 26.4 Å². The number of hydrogen-bond acceptors (Lipinski definition) is 10. The first-order valence-corrected chi connectivity index (χ1v) is 21.7. The van der Waals surface area contributed by atoms with Gasteiger partial charge in [-0.15, -0.1) is 0 Å². The largest absolute Gasteiger partial charge is 1.00 e. The fourth-order valence-electron chi connectivity index (χ4n) is 5.43. The SMILES string of the molecule is CCCCCC=CCC=CCCCCCCCC(=O)O[C@H](COC(=O)CCCCCCCCCCCCCCC)COP(=O)([O-])OCC(O)CO.[Na+]. The number of rotatable bonds is 38. The minimum Gasteiger partial charge on any atom is -0.756 e. The summed E-state index contributed by atoms with van der Waals surface area (Å²) in [5.74, 6) is -0.973. The van der Waals surface area contributed by atoms with Crippen molar-refractivity contribution in [1.82, 2.24) is 0 Å². The molecule has 0 aromatic rings. The van der Waals surface area contributed by atoms with E-state index in [1.54, 1.807) is 0 Å². The Hall–Kier alpha value is -0.550. The molecule has 0 amide bonds. The van der Waals surface area contributed by atoms with E-state index in [0.717, 1.165) is 64.2 Å². The monoisotopic (exact) mass is 768 g/mol. The average molecular weight is 769 g/mol. The van der Waals surface area contributed by atoms with Crippen LogP contribution in [0.1, 0.15) is 181 Å². The third-order valence-electron chi connectivity index (χ3n) is 8.60. The topological polar surface area (TPSA) is 152 Å². The number of allylic oxidation sites excluding steroid dienone is 4. The number of phosphoric ester groups is 1. The molecule has 52 heavy (non-hydrogen) atoms. The molecule has 0 aliphatic carbocycles. The van der Waals surface area contributed by atoms with Crippen LogP contribution < -0.4 is 34.5 Å². The molecule has 2 N–H and O–H groups in total. The maximum atomic E-state index is 12.5. The third-order valence-corrected chi connectivity index (χ3v) is 9.53. The second-order valence-electron chi connectivity index (χ2n) is 13.6. The second kappa shape index (κ2) is 40.1. The number of aliphatic hydroxyl groups excluding tert-OH is 2. The van der Waals surface area contributed by atoms with Crippen molar-refractivity contribution in [1.29, 1.82) is 0 Å². The summed E-state index contributed by atoms with van der Waals surface area (Å²) >= 11 is 0. The Balaban J connectivity index is 0. The van der Waals surface area contributed by atoms with Crippen molar-refractivity contribution < 1.29 is 77.3 Å². The van der Waals surface area contributed by atoms with Crippen LogP contribution in [0, 0.1) is 0 Å². The van der Waals surface area contributed by atoms with Crippen LogP contribution in [0.15, 0.2) is 24.3 Å². The van der Waals surface area contributed by atoms with E-state index in [1.165, 1.54) is 77.0 Å². The minimum atomic E-state index is -4.86. The zero-order valence-electron chi connectivity index (χ0n) is 33.3. The molecule has 0 fully saturated rings. The van der Waals surface area contributed by atoms with Crippen LogP contribution in [0.3, 0.4) is 0 Å². The molecule has 0 heterocycles. The smallest absolute Gasteiger partial charge is 0.756 e. The van der Waals surface area contributed by atoms with Crippen LogP contribution in [0.5, 0.6) is 0 Å². The molecule has 0 spiro atoms. The van der Waals surface area contributed by atoms with E-state index in [-0.39, 0.29) is 49.0 Å². The summed E-state index contributed by atoms with van der Waals surface area (Å²) in [5.41, 5.74) is 0. The molecule has 0 rings (SSSR count). The normalized spacial score (nSPS) is 13.9. The molecular formula is C40H74NaO10P. The standard InChI is InChI=1S/C40H75O10P.Na/c1-3-5-7-9-11-13-15-17-18-20-22-24-26-28-30-32-40(44)50-38(36-49-51(45,46)48-34-37(42)33-41)35-47-39(43)31-29-27-25-23-21-19-16-14-12-10-8-6-4-2;/h11,13,17-18,37-38,41-42H,3-10,12,14-16,19-36H2,1-2H3,(H,45,46);/q;+1/p-1/t37?,38-;/m1./s1. The fourth-order valence-corrected chi connectivity index (χ4v) is 6.21. The molecule has 0 saturated heterocycles. The summed E-state index contributed by atoms with van der Waals surface area (Å²) < 4.78 is 32.2. The first kappa shape index (κ1) is 53.6. The van der Waals surface area contributed by atoms with Gasteiger partial charge < -0.3 is 33.6 Å². The third kappa shape index (κ3) is 39.2. The number of aliphatic hydroxyl groups is 2. The maximum absolute atomic E-state index is 12.5. The van der Waals surface area contributed by atoms with Crippen molar-refractivity contribution in [3.63, 3.8) is 0 Å². The summed E-state index contributed by atoms with van der Waals surface area (Å²) in [5, 5.41) is 18.2. The number of ether oxygens (including phenoxy) is 2. The predicted octanol–water partition coefficient (Wildman–Crippen LogP) is 6.60. The Morgan fingerprint density at radius 1 is 0.615 bits per heavy atom. The van der Waals surface area contributed by atoms with Crippen molar-refractivity contribution in [2.45, 2.75) is 193 Å². The molecule has 0 aliphatic heterocycles. The Kier molecular flexibility index (Phi) is 41.3. The van der Waals surface area contributed by atoms with Crippen molar-refractivity contribution in [2.24, 2.45) is 0 Å². The molecule has 12 heteroatoms. The number of carbonyl (C=O) groups is 2. The Morgan fingerprint density at radius 2 is 1.04 bits per heavy atom. The molecule has 0 aliphatic rings. The molecule has 2 unspecified atom stereocenters. The molecule has 0 aromatic carbocycles. The minimum absolute atomic E-state index is 0. The van der Waals surface area contributed by atoms with E-state index in [0.29, 0.717) is 12.8 Å². The first-order chi connectivity index (χ1) is 24.7. The van der Waals surface area contributed by atoms with Gasteiger partial charge in [0.25, 0.3) is 7.82 Å². The van der Waals surface area contributed by atoms with Crippen LogP contribution >= 0.6 is 7.82 Å². The summed E-state index contributed by atoms with van der Waals surface area (Å²) in [6.07, 6.45) is 34.0. The van der Waals surface area contributed by atoms with E-state index in [9.17, 15) is 24.2 Å². The van der Waals surface area contributed by atoms with Gasteiger partial charge in [0.1, 0.15) is 12.7 Å². The number of carbonyl (C=O) groups excluding carboxylic acids is 2. The molecule has 10 nitrogen and oxygen atoms in total. The Labute approximate surface area is 339 Å². The van der Waals surface area contributed by atoms with Crippen LogP contribution in [0.25, 0.3) is 0 Å². The van der Waals surface area contributed by atoms with Gasteiger partial charge in [0.15, 0.2) is 6.10 Å². The maximum Gasteiger partial charge on any atom is 1.00 e. The number of unbranched alkanes of at least 4 members (excludes halogenated alkanes) is 20. The van der Waals surface area contributed by atoms with Gasteiger partial charge in [-0.2, -0.15) is 0 Å². The second-order valence-corrected chi connectivity index (χ2v) is 15.1. The molecule has 0 bridgehead atoms. The van der Waals surface area contributed by atoms with Gasteiger partial charge in [-0.05, 0) is 44.9 Å². The summed E-state index contributed by atoms with van der Waals surface area (Å²) in [6, 6.07) is 0. The average Bonchev–Trinajstić information content (AvgIpc) is 3.12. The molecule has 0 saturated carbocycles. The first-order valence-electron chi connectivity index (χ1n) is 20.3. The Bertz CT molecular complexity index is 917. The molecule has 0 aromatic heterocycles. The molecule has 0 radical (unpaired) electrons. The van der Waals surface area contributed by atoms with E-state index in [2.05, 4.69) is 42.7 Å². The van der Waals surface area contributed by atoms with Crippen molar-refractivity contribution >= 4 is 19.8 Å². The van der Waals surface area contributed by atoms with Gasteiger partial charge in [-0.1, -0.05) is 147 Å². The van der Waals surface area contributed by atoms with Crippen LogP contribution in [0.2, 0.25) is 0 Å². The fraction of sp³-hybridized carbons (Fsp3) is 0.850. The number of esters is 2. The predicted molar refractivity (Wildman–Crippen MR) is 203 cm³/mol. The van der Waals surface area contributed by atoms with Gasteiger partial charge in [0.2, 0.25) is 0 Å². The van der Waals surface area contributed by atoms with Crippen LogP contribution in [0.4, 0.5) is 0 Å². The van der Waals surface area contributed by atoms with Gasteiger partial charge in [-0.3, -0.25) is 14.2 Å². The molecule has 3 atom stereocenters. The van der Waals surface area contributed by atoms with E-state index < -0.39 is 51.8 Å². The summed E-state index contributed by atoms with van der Waals surface area (Å²) in [7, 11) is -4.86. The molecule has 300 valence electrons. The van der Waals surface area contributed by atoms with Crippen LogP contribution in [-0.2, 0) is 32.7 Å². The van der Waals surface area contributed by atoms with Gasteiger partial charge in [-0.25, -0.2) is 0 Å². The zero-order valence-corrected chi connectivity index (χ0v) is 36.2. The van der Waals surface area contributed by atoms with Gasteiger partial charge >= 0.3 is 41.5 Å². The van der Waals surface area contributed by atoms with Crippen LogP contribution in [-0.4, -0.2) is 60.8 Å². The van der Waals surface area contributed by atoms with Crippen molar-refractivity contribution in [3.05, 3.63) is 24.3 Å². The molecular weight excluding hydrogens is 694 g/mol.